The summed E-state index contributed by atoms with van der Waals surface area (Å²) in [6.45, 7) is 8.91. The number of hydrogen-bond acceptors (Lipinski definition) is 3. The quantitative estimate of drug-likeness (QED) is 0.918. The standard InChI is InChI=1S/C17H25ClN2O2/c1-17(2,3)22-16(21)20-8-7-14(12-20)11-19-10-13-5-4-6-15(18)9-13/h4-6,9,14,19H,7-8,10-12H2,1-3H3. The second kappa shape index (κ2) is 7.34. The number of hydrogen-bond donors (Lipinski definition) is 1. The number of carbonyl (C=O) groups is 1. The van der Waals surface area contributed by atoms with Gasteiger partial charge in [0.05, 0.1) is 0 Å². The van der Waals surface area contributed by atoms with Gasteiger partial charge in [-0.3, -0.25) is 0 Å². The monoisotopic (exact) mass is 324 g/mol. The molecule has 1 unspecified atom stereocenters. The molecule has 0 radical (unpaired) electrons. The van der Waals surface area contributed by atoms with Crippen LogP contribution >= 0.6 is 11.6 Å². The molecule has 4 nitrogen and oxygen atoms in total. The summed E-state index contributed by atoms with van der Waals surface area (Å²) in [7, 11) is 0. The number of ether oxygens (including phenoxy) is 1. The van der Waals surface area contributed by atoms with Gasteiger partial charge in [0.25, 0.3) is 0 Å². The van der Waals surface area contributed by atoms with Crippen LogP contribution in [0.15, 0.2) is 24.3 Å². The molecule has 122 valence electrons. The maximum atomic E-state index is 12.0. The average Bonchev–Trinajstić information content (AvgIpc) is 2.86. The Bertz CT molecular complexity index is 514. The summed E-state index contributed by atoms with van der Waals surface area (Å²) in [5, 5.41) is 4.20. The van der Waals surface area contributed by atoms with Gasteiger partial charge in [-0.2, -0.15) is 0 Å². The van der Waals surface area contributed by atoms with Crippen molar-refractivity contribution >= 4 is 17.7 Å². The van der Waals surface area contributed by atoms with Crippen LogP contribution in [-0.2, 0) is 11.3 Å². The molecular formula is C17H25ClN2O2. The van der Waals surface area contributed by atoms with Crippen molar-refractivity contribution in [2.75, 3.05) is 19.6 Å². The highest BCUT2D eigenvalue weighted by molar-refractivity contribution is 6.30. The van der Waals surface area contributed by atoms with E-state index in [2.05, 4.69) is 11.4 Å². The number of carbonyl (C=O) groups excluding carboxylic acids is 1. The minimum atomic E-state index is -0.431. The van der Waals surface area contributed by atoms with Crippen molar-refractivity contribution in [1.82, 2.24) is 10.2 Å². The normalized spacial score (nSPS) is 18.5. The topological polar surface area (TPSA) is 41.6 Å². The van der Waals surface area contributed by atoms with Crippen molar-refractivity contribution in [3.63, 3.8) is 0 Å². The molecule has 1 aliphatic heterocycles. The van der Waals surface area contributed by atoms with E-state index < -0.39 is 5.60 Å². The van der Waals surface area contributed by atoms with Crippen LogP contribution in [0.3, 0.4) is 0 Å². The van der Waals surface area contributed by atoms with E-state index in [1.807, 2.05) is 39.0 Å². The van der Waals surface area contributed by atoms with E-state index in [1.165, 1.54) is 5.56 Å². The molecule has 5 heteroatoms. The van der Waals surface area contributed by atoms with E-state index >= 15 is 0 Å². The predicted octanol–water partition coefficient (Wildman–Crippen LogP) is 3.69. The predicted molar refractivity (Wildman–Crippen MR) is 89.1 cm³/mol. The van der Waals surface area contributed by atoms with Crippen LogP contribution in [0.4, 0.5) is 4.79 Å². The average molecular weight is 325 g/mol. The van der Waals surface area contributed by atoms with Crippen molar-refractivity contribution in [2.24, 2.45) is 5.92 Å². The van der Waals surface area contributed by atoms with Gasteiger partial charge < -0.3 is 15.0 Å². The minimum absolute atomic E-state index is 0.204. The van der Waals surface area contributed by atoms with E-state index in [9.17, 15) is 4.79 Å². The number of halogens is 1. The molecule has 0 aliphatic carbocycles. The lowest BCUT2D eigenvalue weighted by Crippen LogP contribution is -2.36. The van der Waals surface area contributed by atoms with Gasteiger partial charge in [-0.25, -0.2) is 4.79 Å². The largest absolute Gasteiger partial charge is 0.444 e. The van der Waals surface area contributed by atoms with E-state index in [-0.39, 0.29) is 6.09 Å². The van der Waals surface area contributed by atoms with E-state index in [0.717, 1.165) is 37.6 Å². The maximum absolute atomic E-state index is 12.0. The summed E-state index contributed by atoms with van der Waals surface area (Å²) >= 11 is 5.97. The molecule has 1 amide bonds. The fourth-order valence-corrected chi connectivity index (χ4v) is 2.77. The van der Waals surface area contributed by atoms with Crippen molar-refractivity contribution in [1.29, 1.82) is 0 Å². The highest BCUT2D eigenvalue weighted by Crippen LogP contribution is 2.19. The summed E-state index contributed by atoms with van der Waals surface area (Å²) < 4.78 is 5.41. The molecule has 1 atom stereocenters. The Hall–Kier alpha value is -1.26. The van der Waals surface area contributed by atoms with Crippen molar-refractivity contribution in [2.45, 2.75) is 39.3 Å². The second-order valence-electron chi connectivity index (χ2n) is 6.84. The second-order valence-corrected chi connectivity index (χ2v) is 7.28. The molecule has 0 aromatic heterocycles. The number of rotatable bonds is 4. The third-order valence-electron chi connectivity index (χ3n) is 3.59. The van der Waals surface area contributed by atoms with Crippen LogP contribution in [0.5, 0.6) is 0 Å². The zero-order valence-electron chi connectivity index (χ0n) is 13.6. The van der Waals surface area contributed by atoms with Gasteiger partial charge in [0.1, 0.15) is 5.60 Å². The highest BCUT2D eigenvalue weighted by Gasteiger charge is 2.29. The third-order valence-corrected chi connectivity index (χ3v) is 3.82. The van der Waals surface area contributed by atoms with Crippen molar-refractivity contribution in [3.8, 4) is 0 Å². The van der Waals surface area contributed by atoms with Gasteiger partial charge >= 0.3 is 6.09 Å². The van der Waals surface area contributed by atoms with Gasteiger partial charge in [0, 0.05) is 31.2 Å². The highest BCUT2D eigenvalue weighted by atomic mass is 35.5. The molecule has 1 aromatic rings. The van der Waals surface area contributed by atoms with Gasteiger partial charge in [-0.15, -0.1) is 0 Å². The molecule has 0 spiro atoms. The first-order valence-electron chi connectivity index (χ1n) is 7.76. The summed E-state index contributed by atoms with van der Waals surface area (Å²) in [4.78, 5) is 13.8. The first-order valence-corrected chi connectivity index (χ1v) is 8.14. The lowest BCUT2D eigenvalue weighted by Gasteiger charge is -2.24. The zero-order chi connectivity index (χ0) is 16.2. The summed E-state index contributed by atoms with van der Waals surface area (Å²) in [6.07, 6.45) is 0.812. The Labute approximate surface area is 137 Å². The molecule has 1 aromatic carbocycles. The van der Waals surface area contributed by atoms with Crippen molar-refractivity contribution in [3.05, 3.63) is 34.9 Å². The zero-order valence-corrected chi connectivity index (χ0v) is 14.3. The lowest BCUT2D eigenvalue weighted by molar-refractivity contribution is 0.0288. The Kier molecular flexibility index (Phi) is 5.70. The van der Waals surface area contributed by atoms with Crippen LogP contribution in [0.2, 0.25) is 5.02 Å². The molecule has 1 N–H and O–H groups in total. The smallest absolute Gasteiger partial charge is 0.410 e. The minimum Gasteiger partial charge on any atom is -0.444 e. The first-order chi connectivity index (χ1) is 10.3. The van der Waals surface area contributed by atoms with Gasteiger partial charge in [-0.05, 0) is 50.8 Å². The fraction of sp³-hybridized carbons (Fsp3) is 0.588. The third kappa shape index (κ3) is 5.50. The van der Waals surface area contributed by atoms with Crippen molar-refractivity contribution < 1.29 is 9.53 Å². The SMILES string of the molecule is CC(C)(C)OC(=O)N1CCC(CNCc2cccc(Cl)c2)C1. The molecule has 0 bridgehead atoms. The molecule has 1 aliphatic rings. The number of likely N-dealkylation sites (tertiary alicyclic amines) is 1. The van der Waals surface area contributed by atoms with Crippen LogP contribution in [0.25, 0.3) is 0 Å². The van der Waals surface area contributed by atoms with E-state index in [4.69, 9.17) is 16.3 Å². The lowest BCUT2D eigenvalue weighted by atomic mass is 10.1. The molecule has 1 fully saturated rings. The van der Waals surface area contributed by atoms with Crippen LogP contribution in [0, 0.1) is 5.92 Å². The summed E-state index contributed by atoms with van der Waals surface area (Å²) in [5.74, 6) is 0.478. The molecule has 1 saturated heterocycles. The number of amides is 1. The number of benzene rings is 1. The van der Waals surface area contributed by atoms with Gasteiger partial charge in [0.15, 0.2) is 0 Å². The maximum Gasteiger partial charge on any atom is 0.410 e. The fourth-order valence-electron chi connectivity index (χ4n) is 2.56. The van der Waals surface area contributed by atoms with E-state index in [0.29, 0.717) is 5.92 Å². The number of nitrogens with one attached hydrogen (secondary N) is 1. The van der Waals surface area contributed by atoms with Crippen LogP contribution < -0.4 is 5.32 Å². The molecular weight excluding hydrogens is 300 g/mol. The molecule has 22 heavy (non-hydrogen) atoms. The molecule has 0 saturated carbocycles. The summed E-state index contributed by atoms with van der Waals surface area (Å²) in [6, 6.07) is 7.86. The molecule has 1 heterocycles. The Morgan fingerprint density at radius 2 is 2.23 bits per heavy atom. The van der Waals surface area contributed by atoms with E-state index in [1.54, 1.807) is 4.90 Å². The van der Waals surface area contributed by atoms with Gasteiger partial charge in [0.2, 0.25) is 0 Å². The Morgan fingerprint density at radius 1 is 1.45 bits per heavy atom. The Balaban J connectivity index is 1.71. The summed E-state index contributed by atoms with van der Waals surface area (Å²) in [5.41, 5.74) is 0.745. The molecule has 2 rings (SSSR count). The van der Waals surface area contributed by atoms with Crippen LogP contribution in [-0.4, -0.2) is 36.2 Å². The number of nitrogens with zero attached hydrogens (tertiary/aromatic N) is 1. The Morgan fingerprint density at radius 3 is 2.91 bits per heavy atom. The first kappa shape index (κ1) is 17.1. The van der Waals surface area contributed by atoms with Gasteiger partial charge in [-0.1, -0.05) is 23.7 Å². The van der Waals surface area contributed by atoms with Crippen LogP contribution in [0.1, 0.15) is 32.8 Å².